The van der Waals surface area contributed by atoms with E-state index in [0.717, 1.165) is 36.5 Å². The molecule has 1 saturated heterocycles. The number of rotatable bonds is 2. The number of aryl methyl sites for hydroxylation is 1. The molecule has 1 fully saturated rings. The molecular weight excluding hydrogens is 354 g/mol. The first-order valence-corrected chi connectivity index (χ1v) is 9.25. The van der Waals surface area contributed by atoms with Crippen LogP contribution in [0.2, 0.25) is 0 Å². The van der Waals surface area contributed by atoms with Gasteiger partial charge in [0.05, 0.1) is 17.9 Å². The molecule has 0 radical (unpaired) electrons. The van der Waals surface area contributed by atoms with Crippen molar-refractivity contribution in [2.24, 2.45) is 0 Å². The van der Waals surface area contributed by atoms with E-state index in [1.165, 1.54) is 0 Å². The summed E-state index contributed by atoms with van der Waals surface area (Å²) in [6.07, 6.45) is 6.11. The quantitative estimate of drug-likeness (QED) is 0.743. The molecule has 0 aromatic carbocycles. The first-order valence-electron chi connectivity index (χ1n) is 9.25. The second-order valence-corrected chi connectivity index (χ2v) is 6.99. The SMILES string of the molecule is Cc1cc(-c2ncc3c(n2)N(C(=O)Nc2ccccn2)[C@H]2CCN3C2)ccn1. The van der Waals surface area contributed by atoms with Gasteiger partial charge in [0, 0.05) is 36.7 Å². The number of amides is 2. The Kier molecular flexibility index (Phi) is 3.89. The normalized spacial score (nSPS) is 17.4. The Balaban J connectivity index is 1.54. The van der Waals surface area contributed by atoms with Crippen molar-refractivity contribution in [2.45, 2.75) is 19.4 Å². The minimum atomic E-state index is -0.220. The maximum Gasteiger partial charge on any atom is 0.329 e. The highest BCUT2D eigenvalue weighted by Gasteiger charge is 2.40. The fourth-order valence-corrected chi connectivity index (χ4v) is 3.80. The van der Waals surface area contributed by atoms with Crippen LogP contribution < -0.4 is 15.1 Å². The number of fused-ring (bicyclic) bond motifs is 4. The number of anilines is 3. The highest BCUT2D eigenvalue weighted by Crippen LogP contribution is 2.39. The van der Waals surface area contributed by atoms with E-state index in [1.54, 1.807) is 23.4 Å². The molecule has 3 aromatic heterocycles. The van der Waals surface area contributed by atoms with Crippen LogP contribution in [0.3, 0.4) is 0 Å². The standard InChI is InChI=1S/C20H19N7O/c1-13-10-14(5-8-21-13)18-23-11-16-19(25-18)27(15-6-9-26(16)12-15)20(28)24-17-4-2-3-7-22-17/h2-5,7-8,10-11,15H,6,9,12H2,1H3,(H,22,24,28)/t15-/m0/s1. The van der Waals surface area contributed by atoms with Crippen LogP contribution in [0.5, 0.6) is 0 Å². The molecule has 1 N–H and O–H groups in total. The zero-order valence-electron chi connectivity index (χ0n) is 15.4. The number of hydrogen-bond acceptors (Lipinski definition) is 6. The van der Waals surface area contributed by atoms with Gasteiger partial charge in [0.15, 0.2) is 11.6 Å². The monoisotopic (exact) mass is 373 g/mol. The van der Waals surface area contributed by atoms with Crippen molar-refractivity contribution in [1.82, 2.24) is 19.9 Å². The Morgan fingerprint density at radius 1 is 1.18 bits per heavy atom. The Morgan fingerprint density at radius 2 is 2.11 bits per heavy atom. The van der Waals surface area contributed by atoms with Crippen LogP contribution in [-0.2, 0) is 0 Å². The molecule has 5 rings (SSSR count). The molecule has 2 aliphatic heterocycles. The smallest absolute Gasteiger partial charge is 0.329 e. The molecule has 28 heavy (non-hydrogen) atoms. The van der Waals surface area contributed by atoms with Gasteiger partial charge in [0.1, 0.15) is 5.82 Å². The molecule has 2 aliphatic rings. The van der Waals surface area contributed by atoms with Gasteiger partial charge in [0.25, 0.3) is 0 Å². The number of carbonyl (C=O) groups excluding carboxylic acids is 1. The van der Waals surface area contributed by atoms with Crippen molar-refractivity contribution in [2.75, 3.05) is 28.2 Å². The summed E-state index contributed by atoms with van der Waals surface area (Å²) >= 11 is 0. The van der Waals surface area contributed by atoms with Crippen molar-refractivity contribution in [1.29, 1.82) is 0 Å². The summed E-state index contributed by atoms with van der Waals surface area (Å²) in [5.74, 6) is 1.75. The summed E-state index contributed by atoms with van der Waals surface area (Å²) in [7, 11) is 0. The Hall–Kier alpha value is -3.55. The predicted octanol–water partition coefficient (Wildman–Crippen LogP) is 2.87. The molecule has 0 saturated carbocycles. The number of urea groups is 1. The second-order valence-electron chi connectivity index (χ2n) is 6.99. The predicted molar refractivity (Wildman–Crippen MR) is 106 cm³/mol. The van der Waals surface area contributed by atoms with Crippen LogP contribution in [0, 0.1) is 6.92 Å². The minimum Gasteiger partial charge on any atom is -0.365 e. The molecule has 2 amide bonds. The molecule has 1 atom stereocenters. The minimum absolute atomic E-state index is 0.0816. The summed E-state index contributed by atoms with van der Waals surface area (Å²) in [6, 6.07) is 9.12. The van der Waals surface area contributed by atoms with Crippen LogP contribution >= 0.6 is 0 Å². The second kappa shape index (κ2) is 6.56. The van der Waals surface area contributed by atoms with Crippen LogP contribution in [0.1, 0.15) is 12.1 Å². The van der Waals surface area contributed by atoms with Crippen LogP contribution in [0.4, 0.5) is 22.1 Å². The molecule has 2 bridgehead atoms. The summed E-state index contributed by atoms with van der Waals surface area (Å²) in [4.78, 5) is 34.9. The lowest BCUT2D eigenvalue weighted by molar-refractivity contribution is 0.254. The van der Waals surface area contributed by atoms with E-state index in [0.29, 0.717) is 17.5 Å². The van der Waals surface area contributed by atoms with E-state index in [-0.39, 0.29) is 12.1 Å². The third kappa shape index (κ3) is 2.83. The average Bonchev–Trinajstić information content (AvgIpc) is 3.13. The van der Waals surface area contributed by atoms with Crippen molar-refractivity contribution in [3.63, 3.8) is 0 Å². The van der Waals surface area contributed by atoms with Crippen molar-refractivity contribution >= 4 is 23.4 Å². The van der Waals surface area contributed by atoms with E-state index < -0.39 is 0 Å². The van der Waals surface area contributed by atoms with Crippen LogP contribution in [0.15, 0.2) is 48.9 Å². The Labute approximate surface area is 162 Å². The molecule has 0 aliphatic carbocycles. The van der Waals surface area contributed by atoms with Crippen molar-refractivity contribution in [3.8, 4) is 11.4 Å². The van der Waals surface area contributed by atoms with Crippen LogP contribution in [0.25, 0.3) is 11.4 Å². The molecule has 3 aromatic rings. The maximum absolute atomic E-state index is 13.1. The number of pyridine rings is 2. The van der Waals surface area contributed by atoms with Gasteiger partial charge in [-0.3, -0.25) is 15.2 Å². The number of hydrogen-bond donors (Lipinski definition) is 1. The van der Waals surface area contributed by atoms with E-state index >= 15 is 0 Å². The molecule has 8 heteroatoms. The van der Waals surface area contributed by atoms with E-state index in [2.05, 4.69) is 25.2 Å². The van der Waals surface area contributed by atoms with Crippen molar-refractivity contribution in [3.05, 3.63) is 54.6 Å². The third-order valence-corrected chi connectivity index (χ3v) is 5.12. The van der Waals surface area contributed by atoms with Gasteiger partial charge in [-0.25, -0.2) is 19.7 Å². The first-order chi connectivity index (χ1) is 13.7. The van der Waals surface area contributed by atoms with Gasteiger partial charge in [-0.2, -0.15) is 0 Å². The molecule has 8 nitrogen and oxygen atoms in total. The van der Waals surface area contributed by atoms with Gasteiger partial charge < -0.3 is 4.90 Å². The van der Waals surface area contributed by atoms with E-state index in [9.17, 15) is 4.79 Å². The molecule has 140 valence electrons. The largest absolute Gasteiger partial charge is 0.365 e. The highest BCUT2D eigenvalue weighted by atomic mass is 16.2. The zero-order chi connectivity index (χ0) is 19.1. The van der Waals surface area contributed by atoms with Gasteiger partial charge in [-0.1, -0.05) is 6.07 Å². The summed E-state index contributed by atoms with van der Waals surface area (Å²) in [5, 5.41) is 2.89. The molecule has 5 heterocycles. The lowest BCUT2D eigenvalue weighted by atomic mass is 10.2. The fraction of sp³-hybridized carbons (Fsp3) is 0.250. The number of nitrogens with zero attached hydrogens (tertiary/aromatic N) is 6. The topological polar surface area (TPSA) is 87.1 Å². The van der Waals surface area contributed by atoms with E-state index in [1.807, 2.05) is 37.4 Å². The molecule has 0 spiro atoms. The zero-order valence-corrected chi connectivity index (χ0v) is 15.4. The first kappa shape index (κ1) is 16.6. The molecule has 0 unspecified atom stereocenters. The van der Waals surface area contributed by atoms with Gasteiger partial charge >= 0.3 is 6.03 Å². The Morgan fingerprint density at radius 3 is 2.93 bits per heavy atom. The highest BCUT2D eigenvalue weighted by molar-refractivity contribution is 6.04. The van der Waals surface area contributed by atoms with Gasteiger partial charge in [-0.05, 0) is 37.6 Å². The number of carbonyl (C=O) groups is 1. The third-order valence-electron chi connectivity index (χ3n) is 5.12. The number of nitrogens with one attached hydrogen (secondary N) is 1. The van der Waals surface area contributed by atoms with E-state index in [4.69, 9.17) is 4.98 Å². The lowest BCUT2D eigenvalue weighted by Gasteiger charge is -2.35. The number of aromatic nitrogens is 4. The summed E-state index contributed by atoms with van der Waals surface area (Å²) in [6.45, 7) is 3.61. The lowest BCUT2D eigenvalue weighted by Crippen LogP contribution is -2.48. The Bertz CT molecular complexity index is 1040. The van der Waals surface area contributed by atoms with Crippen LogP contribution in [-0.4, -0.2) is 45.1 Å². The van der Waals surface area contributed by atoms with Gasteiger partial charge in [0.2, 0.25) is 0 Å². The van der Waals surface area contributed by atoms with Crippen molar-refractivity contribution < 1.29 is 4.79 Å². The average molecular weight is 373 g/mol. The maximum atomic E-state index is 13.1. The van der Waals surface area contributed by atoms with Gasteiger partial charge in [-0.15, -0.1) is 0 Å². The molecular formula is C20H19N7O. The fourth-order valence-electron chi connectivity index (χ4n) is 3.80. The summed E-state index contributed by atoms with van der Waals surface area (Å²) in [5.41, 5.74) is 2.67. The summed E-state index contributed by atoms with van der Waals surface area (Å²) < 4.78 is 0.